The molecule has 0 amide bonds. The molecular weight excluding hydrogens is 355 g/mol. The molecule has 0 unspecified atom stereocenters. The lowest BCUT2D eigenvalue weighted by Gasteiger charge is -2.09. The van der Waals surface area contributed by atoms with Crippen molar-refractivity contribution in [2.45, 2.75) is 0 Å². The Bertz CT molecular complexity index is 644. The Hall–Kier alpha value is -1.23. The van der Waals surface area contributed by atoms with E-state index in [9.17, 15) is 4.79 Å². The summed E-state index contributed by atoms with van der Waals surface area (Å²) in [4.78, 5) is 10.9. The van der Waals surface area contributed by atoms with E-state index in [1.165, 1.54) is 12.1 Å². The lowest BCUT2D eigenvalue weighted by molar-refractivity contribution is 0.0696. The van der Waals surface area contributed by atoms with Crippen molar-refractivity contribution < 1.29 is 14.6 Å². The van der Waals surface area contributed by atoms with Gasteiger partial charge in [0, 0.05) is 10.5 Å². The minimum Gasteiger partial charge on any atom is -0.478 e. The molecule has 6 heteroatoms. The van der Waals surface area contributed by atoms with Crippen LogP contribution in [0.1, 0.15) is 10.4 Å². The number of ether oxygens (including phenoxy) is 1. The number of carbonyl (C=O) groups is 1. The average Bonchev–Trinajstić information content (AvgIpc) is 2.36. The van der Waals surface area contributed by atoms with E-state index in [0.717, 1.165) is 0 Å². The van der Waals surface area contributed by atoms with Gasteiger partial charge in [0.25, 0.3) is 0 Å². The zero-order chi connectivity index (χ0) is 14.0. The highest BCUT2D eigenvalue weighted by atomic mass is 79.9. The smallest absolute Gasteiger partial charge is 0.335 e. The molecule has 0 atom stereocenters. The zero-order valence-electron chi connectivity index (χ0n) is 9.36. The molecule has 19 heavy (non-hydrogen) atoms. The average molecular weight is 362 g/mol. The molecule has 0 spiro atoms. The molecular formula is C13H7BrCl2O3. The number of carboxylic acid groups (broad SMARTS) is 1. The van der Waals surface area contributed by atoms with Crippen LogP contribution in [0.15, 0.2) is 40.9 Å². The summed E-state index contributed by atoms with van der Waals surface area (Å²) in [5.74, 6) is -0.289. The number of hydrogen-bond acceptors (Lipinski definition) is 2. The molecule has 2 aromatic carbocycles. The first-order chi connectivity index (χ1) is 8.97. The summed E-state index contributed by atoms with van der Waals surface area (Å²) in [7, 11) is 0. The fourth-order valence-electron chi connectivity index (χ4n) is 1.40. The minimum atomic E-state index is -1.02. The first-order valence-electron chi connectivity index (χ1n) is 5.13. The van der Waals surface area contributed by atoms with Crippen molar-refractivity contribution in [3.05, 3.63) is 56.5 Å². The lowest BCUT2D eigenvalue weighted by Crippen LogP contribution is -1.96. The molecule has 2 aromatic rings. The number of halogens is 3. The third-order valence-corrected chi connectivity index (χ3v) is 3.78. The largest absolute Gasteiger partial charge is 0.478 e. The van der Waals surface area contributed by atoms with Gasteiger partial charge >= 0.3 is 5.97 Å². The van der Waals surface area contributed by atoms with Crippen LogP contribution >= 0.6 is 39.1 Å². The van der Waals surface area contributed by atoms with E-state index in [4.69, 9.17) is 33.0 Å². The normalized spacial score (nSPS) is 10.3. The fraction of sp³-hybridized carbons (Fsp3) is 0. The van der Waals surface area contributed by atoms with E-state index in [-0.39, 0.29) is 5.56 Å². The van der Waals surface area contributed by atoms with Gasteiger partial charge in [0.15, 0.2) is 0 Å². The zero-order valence-corrected chi connectivity index (χ0v) is 12.5. The van der Waals surface area contributed by atoms with E-state index in [0.29, 0.717) is 26.0 Å². The second-order valence-corrected chi connectivity index (χ2v) is 5.30. The second-order valence-electron chi connectivity index (χ2n) is 3.63. The number of carboxylic acids is 1. The highest BCUT2D eigenvalue weighted by molar-refractivity contribution is 9.10. The van der Waals surface area contributed by atoms with Crippen molar-refractivity contribution in [2.24, 2.45) is 0 Å². The molecule has 0 aliphatic carbocycles. The van der Waals surface area contributed by atoms with Crippen LogP contribution in [0.4, 0.5) is 0 Å². The van der Waals surface area contributed by atoms with Crippen molar-refractivity contribution in [3.63, 3.8) is 0 Å². The van der Waals surface area contributed by atoms with E-state index >= 15 is 0 Å². The lowest BCUT2D eigenvalue weighted by atomic mass is 10.2. The Morgan fingerprint density at radius 2 is 1.89 bits per heavy atom. The van der Waals surface area contributed by atoms with Crippen molar-refractivity contribution in [1.82, 2.24) is 0 Å². The van der Waals surface area contributed by atoms with Gasteiger partial charge in [-0.15, -0.1) is 0 Å². The summed E-state index contributed by atoms with van der Waals surface area (Å²) in [5.41, 5.74) is 0.136. The van der Waals surface area contributed by atoms with E-state index < -0.39 is 5.97 Å². The van der Waals surface area contributed by atoms with Crippen LogP contribution in [0.5, 0.6) is 11.5 Å². The second kappa shape index (κ2) is 5.82. The monoisotopic (exact) mass is 360 g/mol. The summed E-state index contributed by atoms with van der Waals surface area (Å²) in [6.07, 6.45) is 0. The molecule has 0 aromatic heterocycles. The van der Waals surface area contributed by atoms with Crippen LogP contribution in [0.3, 0.4) is 0 Å². The van der Waals surface area contributed by atoms with Crippen LogP contribution in [0, 0.1) is 0 Å². The quantitative estimate of drug-likeness (QED) is 0.759. The maximum absolute atomic E-state index is 10.9. The predicted octanol–water partition coefficient (Wildman–Crippen LogP) is 5.25. The van der Waals surface area contributed by atoms with Crippen molar-refractivity contribution in [3.8, 4) is 11.5 Å². The van der Waals surface area contributed by atoms with Gasteiger partial charge in [-0.05, 0) is 40.2 Å². The minimum absolute atomic E-state index is 0.136. The first kappa shape index (κ1) is 14.2. The Balaban J connectivity index is 2.33. The van der Waals surface area contributed by atoms with Gasteiger partial charge in [-0.2, -0.15) is 0 Å². The number of rotatable bonds is 3. The van der Waals surface area contributed by atoms with E-state index in [2.05, 4.69) is 15.9 Å². The van der Waals surface area contributed by atoms with Gasteiger partial charge in [0.05, 0.1) is 15.6 Å². The fourth-order valence-corrected chi connectivity index (χ4v) is 2.23. The van der Waals surface area contributed by atoms with Crippen LogP contribution < -0.4 is 4.74 Å². The molecule has 0 heterocycles. The SMILES string of the molecule is O=C(O)c1cccc(Oc2cc(Cl)c(Br)cc2Cl)c1. The highest BCUT2D eigenvalue weighted by Crippen LogP contribution is 2.36. The molecule has 0 saturated heterocycles. The van der Waals surface area contributed by atoms with E-state index in [1.807, 2.05) is 0 Å². The predicted molar refractivity (Wildman–Crippen MR) is 77.6 cm³/mol. The summed E-state index contributed by atoms with van der Waals surface area (Å²) in [6.45, 7) is 0. The van der Waals surface area contributed by atoms with Crippen molar-refractivity contribution in [1.29, 1.82) is 0 Å². The summed E-state index contributed by atoms with van der Waals surface area (Å²) in [6, 6.07) is 9.29. The molecule has 2 rings (SSSR count). The van der Waals surface area contributed by atoms with Gasteiger partial charge < -0.3 is 9.84 Å². The van der Waals surface area contributed by atoms with Crippen molar-refractivity contribution in [2.75, 3.05) is 0 Å². The highest BCUT2D eigenvalue weighted by Gasteiger charge is 2.09. The molecule has 3 nitrogen and oxygen atoms in total. The van der Waals surface area contributed by atoms with Crippen LogP contribution in [0.25, 0.3) is 0 Å². The maximum atomic E-state index is 10.9. The summed E-state index contributed by atoms with van der Waals surface area (Å²) in [5, 5.41) is 9.73. The first-order valence-corrected chi connectivity index (χ1v) is 6.68. The Morgan fingerprint density at radius 1 is 1.16 bits per heavy atom. The molecule has 0 saturated carbocycles. The Morgan fingerprint density at radius 3 is 2.58 bits per heavy atom. The van der Waals surface area contributed by atoms with E-state index in [1.54, 1.807) is 24.3 Å². The molecule has 98 valence electrons. The van der Waals surface area contributed by atoms with Crippen LogP contribution in [-0.2, 0) is 0 Å². The molecule has 0 aliphatic heterocycles. The van der Waals surface area contributed by atoms with Gasteiger partial charge in [-0.3, -0.25) is 0 Å². The van der Waals surface area contributed by atoms with Crippen LogP contribution in [-0.4, -0.2) is 11.1 Å². The summed E-state index contributed by atoms with van der Waals surface area (Å²) >= 11 is 15.2. The third kappa shape index (κ3) is 3.41. The molecule has 0 aliphatic rings. The van der Waals surface area contributed by atoms with Gasteiger partial charge in [0.1, 0.15) is 11.5 Å². The third-order valence-electron chi connectivity index (χ3n) is 2.28. The van der Waals surface area contributed by atoms with Gasteiger partial charge in [-0.1, -0.05) is 29.3 Å². The molecule has 1 N–H and O–H groups in total. The number of aromatic carboxylic acids is 1. The van der Waals surface area contributed by atoms with Crippen molar-refractivity contribution >= 4 is 45.1 Å². The van der Waals surface area contributed by atoms with Gasteiger partial charge in [0.2, 0.25) is 0 Å². The standard InChI is InChI=1S/C13H7BrCl2O3/c14-9-5-11(16)12(6-10(9)15)19-8-3-1-2-7(4-8)13(17)18/h1-6H,(H,17,18). The molecule has 0 radical (unpaired) electrons. The summed E-state index contributed by atoms with van der Waals surface area (Å²) < 4.78 is 6.19. The molecule has 0 fully saturated rings. The number of hydrogen-bond donors (Lipinski definition) is 1. The Kier molecular flexibility index (Phi) is 4.34. The maximum Gasteiger partial charge on any atom is 0.335 e. The van der Waals surface area contributed by atoms with Gasteiger partial charge in [-0.25, -0.2) is 4.79 Å². The topological polar surface area (TPSA) is 46.5 Å². The number of benzene rings is 2. The van der Waals surface area contributed by atoms with Crippen LogP contribution in [0.2, 0.25) is 10.0 Å². The molecule has 0 bridgehead atoms. The Labute approximate surface area is 127 Å².